The molecule has 51 heavy (non-hydrogen) atoms. The van der Waals surface area contributed by atoms with E-state index in [0.717, 1.165) is 17.4 Å². The summed E-state index contributed by atoms with van der Waals surface area (Å²) in [5.74, 6) is 3.40. The Hall–Kier alpha value is -2.83. The van der Waals surface area contributed by atoms with Crippen LogP contribution in [0.3, 0.4) is 0 Å². The van der Waals surface area contributed by atoms with Crippen LogP contribution in [0, 0.1) is 50.4 Å². The third-order valence-corrected chi connectivity index (χ3v) is 20.1. The lowest BCUT2D eigenvalue weighted by atomic mass is 9.57. The second-order valence-electron chi connectivity index (χ2n) is 16.3. The minimum absolute atomic E-state index is 0.0471. The molecule has 0 saturated heterocycles. The zero-order valence-electron chi connectivity index (χ0n) is 32.1. The molecule has 4 aromatic rings. The molecule has 4 aromatic carbocycles. The van der Waals surface area contributed by atoms with Crippen molar-refractivity contribution in [1.82, 2.24) is 0 Å². The van der Waals surface area contributed by atoms with E-state index in [4.69, 9.17) is 9.47 Å². The van der Waals surface area contributed by atoms with Crippen LogP contribution in [-0.2, 0) is 0 Å². The first kappa shape index (κ1) is 35.2. The highest BCUT2D eigenvalue weighted by Gasteiger charge is 2.85. The number of ether oxygens (including phenoxy) is 2. The molecule has 1 heterocycles. The molecule has 8 rings (SSSR count). The minimum atomic E-state index is -0.829. The molecule has 2 saturated carbocycles. The maximum absolute atomic E-state index is 5.93. The summed E-state index contributed by atoms with van der Waals surface area (Å²) in [6.07, 6.45) is 1.31. The van der Waals surface area contributed by atoms with Gasteiger partial charge in [-0.25, -0.2) is 0 Å². The van der Waals surface area contributed by atoms with Crippen molar-refractivity contribution in [2.24, 2.45) is 22.7 Å². The summed E-state index contributed by atoms with van der Waals surface area (Å²) in [4.78, 5) is 1.53. The monoisotopic (exact) mass is 730 g/mol. The van der Waals surface area contributed by atoms with Crippen LogP contribution in [0.5, 0.6) is 11.5 Å². The van der Waals surface area contributed by atoms with E-state index < -0.39 is 15.8 Å². The second kappa shape index (κ2) is 12.4. The van der Waals surface area contributed by atoms with E-state index in [-0.39, 0.29) is 10.2 Å². The highest BCUT2D eigenvalue weighted by atomic mass is 32.2. The Morgan fingerprint density at radius 1 is 0.647 bits per heavy atom. The largest absolute Gasteiger partial charge is 0.496 e. The van der Waals surface area contributed by atoms with Gasteiger partial charge in [-0.15, -0.1) is 11.8 Å². The number of aryl methyl sites for hydroxylation is 4. The van der Waals surface area contributed by atoms with Crippen molar-refractivity contribution in [3.05, 3.63) is 129 Å². The van der Waals surface area contributed by atoms with E-state index >= 15 is 0 Å². The average Bonchev–Trinajstić information content (AvgIpc) is 3.43. The third-order valence-electron chi connectivity index (χ3n) is 13.0. The number of hydrogen-bond donors (Lipinski definition) is 0. The molecule has 264 valence electrons. The summed E-state index contributed by atoms with van der Waals surface area (Å²) in [5, 5.41) is 7.60. The van der Waals surface area contributed by atoms with E-state index in [1.54, 1.807) is 16.5 Å². The summed E-state index contributed by atoms with van der Waals surface area (Å²) in [7, 11) is 2.10. The third kappa shape index (κ3) is 5.04. The van der Waals surface area contributed by atoms with Crippen LogP contribution in [0.25, 0.3) is 0 Å². The van der Waals surface area contributed by atoms with Crippen molar-refractivity contribution in [2.75, 3.05) is 14.2 Å². The summed E-state index contributed by atoms with van der Waals surface area (Å²) in [5.41, 5.74) is 9.15. The zero-order chi connectivity index (χ0) is 36.2. The van der Waals surface area contributed by atoms with Crippen molar-refractivity contribution in [3.8, 4) is 11.5 Å². The molecule has 4 aliphatic rings. The summed E-state index contributed by atoms with van der Waals surface area (Å²) < 4.78 is 11.9. The molecule has 0 spiro atoms. The second-order valence-corrected chi connectivity index (χ2v) is 22.7. The van der Waals surface area contributed by atoms with Gasteiger partial charge in [0.15, 0.2) is 0 Å². The Bertz CT molecular complexity index is 1970. The molecular weight excluding hydrogens is 679 g/mol. The quantitative estimate of drug-likeness (QED) is 0.160. The fraction of sp³-hybridized carbons (Fsp3) is 0.391. The first-order valence-electron chi connectivity index (χ1n) is 18.4. The van der Waals surface area contributed by atoms with Crippen molar-refractivity contribution in [1.29, 1.82) is 0 Å². The van der Waals surface area contributed by atoms with Crippen molar-refractivity contribution in [2.45, 2.75) is 79.1 Å². The Kier molecular flexibility index (Phi) is 8.54. The maximum Gasteiger partial charge on any atom is 0.124 e. The van der Waals surface area contributed by atoms with Crippen molar-refractivity contribution >= 4 is 48.8 Å². The Morgan fingerprint density at radius 3 is 1.53 bits per heavy atom. The van der Waals surface area contributed by atoms with E-state index in [2.05, 4.69) is 159 Å². The molecule has 0 N–H and O–H groups in total. The van der Waals surface area contributed by atoms with Gasteiger partial charge in [0.05, 0.1) is 14.2 Å². The van der Waals surface area contributed by atoms with Crippen LogP contribution in [0.4, 0.5) is 0 Å². The molecule has 5 heteroatoms. The fourth-order valence-electron chi connectivity index (χ4n) is 10.8. The topological polar surface area (TPSA) is 18.5 Å². The lowest BCUT2D eigenvalue weighted by molar-refractivity contribution is 0.0986. The van der Waals surface area contributed by atoms with Crippen LogP contribution in [-0.4, -0.2) is 24.6 Å². The van der Waals surface area contributed by atoms with Crippen LogP contribution in [0.1, 0.15) is 63.3 Å². The molecule has 0 bridgehead atoms. The number of hydrogen-bond acceptors (Lipinski definition) is 3. The average molecular weight is 731 g/mol. The van der Waals surface area contributed by atoms with E-state index in [0.29, 0.717) is 17.0 Å². The summed E-state index contributed by atoms with van der Waals surface area (Å²) >= 11 is 2.14. The lowest BCUT2D eigenvalue weighted by Gasteiger charge is -2.49. The number of rotatable bonds is 9. The van der Waals surface area contributed by atoms with Gasteiger partial charge in [-0.2, -0.15) is 0 Å². The Balaban J connectivity index is 1.43. The van der Waals surface area contributed by atoms with Gasteiger partial charge in [0.25, 0.3) is 0 Å². The lowest BCUT2D eigenvalue weighted by Crippen LogP contribution is -2.43. The summed E-state index contributed by atoms with van der Waals surface area (Å²) in [6.45, 7) is 21.7. The van der Waals surface area contributed by atoms with Crippen LogP contribution < -0.4 is 30.7 Å². The van der Waals surface area contributed by atoms with Gasteiger partial charge in [-0.1, -0.05) is 74.5 Å². The molecule has 3 aliphatic carbocycles. The molecule has 5 atom stereocenters. The highest BCUT2D eigenvalue weighted by molar-refractivity contribution is 8.05. The van der Waals surface area contributed by atoms with Gasteiger partial charge >= 0.3 is 0 Å². The van der Waals surface area contributed by atoms with Gasteiger partial charge in [-0.05, 0) is 182 Å². The van der Waals surface area contributed by atoms with E-state index in [1.807, 2.05) is 14.2 Å². The van der Waals surface area contributed by atoms with Gasteiger partial charge in [-0.3, -0.25) is 0 Å². The predicted octanol–water partition coefficient (Wildman–Crippen LogP) is 10.6. The highest BCUT2D eigenvalue weighted by Crippen LogP contribution is 2.93. The molecule has 1 aliphatic heterocycles. The molecule has 0 amide bonds. The standard InChI is InChI=1S/C46H52O2P2S/c1-27-22-34(23-28(2)40(27)47-10)49(35-24-29(3)41(48-11)30(4)25-35)42-38-36-26-45(8,46(36,38)9)39(42)37-31(5)51-44(6,7)43(37)50(32-18-14-12-15-19-32)33-20-16-13-17-21-33/h12-25,36,38,43H,26H2,1-11H3. The van der Waals surface area contributed by atoms with Gasteiger partial charge in [0.1, 0.15) is 11.5 Å². The van der Waals surface area contributed by atoms with E-state index in [1.165, 1.54) is 54.8 Å². The predicted molar refractivity (Wildman–Crippen MR) is 223 cm³/mol. The minimum Gasteiger partial charge on any atom is -0.496 e. The number of thioether (sulfide) groups is 1. The van der Waals surface area contributed by atoms with Gasteiger partial charge in [0, 0.05) is 10.4 Å². The van der Waals surface area contributed by atoms with Crippen LogP contribution in [0.2, 0.25) is 0 Å². The molecule has 0 aromatic heterocycles. The molecule has 2 fully saturated rings. The number of benzene rings is 4. The van der Waals surface area contributed by atoms with Crippen molar-refractivity contribution in [3.63, 3.8) is 0 Å². The van der Waals surface area contributed by atoms with Crippen molar-refractivity contribution < 1.29 is 9.47 Å². The van der Waals surface area contributed by atoms with Crippen LogP contribution in [0.15, 0.2) is 106 Å². The fourth-order valence-corrected chi connectivity index (χ4v) is 19.2. The molecule has 5 unspecified atom stereocenters. The van der Waals surface area contributed by atoms with Crippen LogP contribution >= 0.6 is 27.6 Å². The number of allylic oxidation sites excluding steroid dienone is 4. The zero-order valence-corrected chi connectivity index (χ0v) is 34.7. The normalized spacial score (nSPS) is 27.3. The van der Waals surface area contributed by atoms with Gasteiger partial charge in [0.2, 0.25) is 0 Å². The first-order valence-corrected chi connectivity index (χ1v) is 22.0. The number of fused-ring (bicyclic) bond motifs is 1. The summed E-state index contributed by atoms with van der Waals surface area (Å²) in [6, 6.07) is 32.7. The molecule has 0 radical (unpaired) electrons. The number of methoxy groups -OCH3 is 2. The Labute approximate surface area is 313 Å². The van der Waals surface area contributed by atoms with Gasteiger partial charge < -0.3 is 9.47 Å². The molecular formula is C46H52O2P2S. The first-order chi connectivity index (χ1) is 24.3. The SMILES string of the molecule is COc1c(C)cc(P(C2=C(C3=C(C)SC(C)(C)C3P(c3ccccc3)c3ccccc3)C3(C)CC4C2C43C)c2cc(C)c(OC)c(C)c2)cc1C. The maximum atomic E-state index is 5.93. The molecule has 2 nitrogen and oxygen atoms in total. The smallest absolute Gasteiger partial charge is 0.124 e. The van der Waals surface area contributed by atoms with E-state index in [9.17, 15) is 0 Å². The Morgan fingerprint density at radius 2 is 1.10 bits per heavy atom.